The zero-order chi connectivity index (χ0) is 19.6. The summed E-state index contributed by atoms with van der Waals surface area (Å²) in [5.74, 6) is -0.639. The maximum atomic E-state index is 13.4. The average Bonchev–Trinajstić information content (AvgIpc) is 3.24. The van der Waals surface area contributed by atoms with E-state index in [1.807, 2.05) is 5.38 Å². The van der Waals surface area contributed by atoms with Crippen LogP contribution in [-0.4, -0.2) is 28.3 Å². The van der Waals surface area contributed by atoms with E-state index in [0.717, 1.165) is 11.3 Å². The number of nitrogens with one attached hydrogen (secondary N) is 1. The quantitative estimate of drug-likeness (QED) is 0.627. The van der Waals surface area contributed by atoms with Crippen molar-refractivity contribution < 1.29 is 9.18 Å². The van der Waals surface area contributed by atoms with Crippen molar-refractivity contribution in [3.05, 3.63) is 62.1 Å². The summed E-state index contributed by atoms with van der Waals surface area (Å²) in [4.78, 5) is 13.1. The number of thiophene rings is 1. The number of benzene rings is 1. The van der Waals surface area contributed by atoms with Gasteiger partial charge in [-0.1, -0.05) is 23.2 Å². The molecule has 1 aromatic carbocycles. The van der Waals surface area contributed by atoms with Gasteiger partial charge in [0.05, 0.1) is 21.8 Å². The molecule has 3 aromatic rings. The predicted molar refractivity (Wildman–Crippen MR) is 107 cm³/mol. The smallest absolute Gasteiger partial charge is 0.261 e. The molecule has 3 rings (SSSR count). The van der Waals surface area contributed by atoms with Crippen LogP contribution in [0.25, 0.3) is 11.3 Å². The molecule has 9 heteroatoms. The van der Waals surface area contributed by atoms with Crippen LogP contribution in [0.1, 0.15) is 15.2 Å². The molecular weight excluding hydrogens is 410 g/mol. The van der Waals surface area contributed by atoms with Crippen LogP contribution in [-0.2, 0) is 13.5 Å². The van der Waals surface area contributed by atoms with Crippen LogP contribution in [0.4, 0.5) is 4.39 Å². The van der Waals surface area contributed by atoms with Gasteiger partial charge in [0.1, 0.15) is 5.82 Å². The first-order valence-electron chi connectivity index (χ1n) is 8.10. The van der Waals surface area contributed by atoms with Crippen LogP contribution >= 0.6 is 34.5 Å². The van der Waals surface area contributed by atoms with E-state index >= 15 is 0 Å². The summed E-state index contributed by atoms with van der Waals surface area (Å²) in [5.41, 5.74) is 7.94. The third-order valence-electron chi connectivity index (χ3n) is 4.08. The van der Waals surface area contributed by atoms with Crippen molar-refractivity contribution >= 4 is 40.4 Å². The molecular formula is C18H17Cl2FN4OS. The minimum absolute atomic E-state index is 0.199. The van der Waals surface area contributed by atoms with Gasteiger partial charge in [0.25, 0.3) is 5.91 Å². The Bertz CT molecular complexity index is 953. The monoisotopic (exact) mass is 426 g/mol. The van der Waals surface area contributed by atoms with Crippen molar-refractivity contribution in [2.75, 3.05) is 6.54 Å². The minimum atomic E-state index is -0.382. The number of aryl methyl sites for hydroxylation is 1. The number of hydrogen-bond donors (Lipinski definition) is 2. The fourth-order valence-electron chi connectivity index (χ4n) is 2.73. The fourth-order valence-corrected chi connectivity index (χ4v) is 3.99. The lowest BCUT2D eigenvalue weighted by atomic mass is 10.1. The number of amides is 1. The fraction of sp³-hybridized carbons (Fsp3) is 0.222. The van der Waals surface area contributed by atoms with Crippen LogP contribution in [0.15, 0.2) is 35.8 Å². The first-order chi connectivity index (χ1) is 12.9. The second-order valence-corrected chi connectivity index (χ2v) is 7.74. The second kappa shape index (κ2) is 8.39. The SMILES string of the molecule is Cn1ncc(Cl)c1-c1csc(C(=O)N[C@H](CN)Cc2cc(F)ccc2Cl)c1. The zero-order valence-electron chi connectivity index (χ0n) is 14.4. The standard InChI is InChI=1S/C18H17Cl2FN4OS/c1-25-17(15(20)8-23-25)11-6-16(27-9-11)18(26)24-13(7-22)5-10-4-12(21)2-3-14(10)19/h2-4,6,8-9,13H,5,7,22H2,1H3,(H,24,26)/t13-/m0/s1. The van der Waals surface area contributed by atoms with Crippen molar-refractivity contribution in [1.82, 2.24) is 15.1 Å². The highest BCUT2D eigenvalue weighted by Gasteiger charge is 2.18. The molecule has 0 saturated heterocycles. The van der Waals surface area contributed by atoms with Crippen molar-refractivity contribution in [3.8, 4) is 11.3 Å². The Morgan fingerprint density at radius 3 is 2.81 bits per heavy atom. The van der Waals surface area contributed by atoms with Gasteiger partial charge in [0.15, 0.2) is 0 Å². The van der Waals surface area contributed by atoms with Crippen molar-refractivity contribution in [2.45, 2.75) is 12.5 Å². The van der Waals surface area contributed by atoms with Crippen molar-refractivity contribution in [3.63, 3.8) is 0 Å². The third kappa shape index (κ3) is 4.50. The van der Waals surface area contributed by atoms with E-state index in [0.29, 0.717) is 26.9 Å². The first-order valence-corrected chi connectivity index (χ1v) is 9.74. The topological polar surface area (TPSA) is 72.9 Å². The van der Waals surface area contributed by atoms with Gasteiger partial charge in [0.2, 0.25) is 0 Å². The second-order valence-electron chi connectivity index (χ2n) is 6.01. The lowest BCUT2D eigenvalue weighted by Crippen LogP contribution is -2.41. The Labute approximate surface area is 169 Å². The van der Waals surface area contributed by atoms with Crippen molar-refractivity contribution in [1.29, 1.82) is 0 Å². The number of aromatic nitrogens is 2. The minimum Gasteiger partial charge on any atom is -0.347 e. The molecule has 0 aliphatic rings. The highest BCUT2D eigenvalue weighted by molar-refractivity contribution is 7.12. The Kier molecular flexibility index (Phi) is 6.16. The number of nitrogens with zero attached hydrogens (tertiary/aromatic N) is 2. The van der Waals surface area contributed by atoms with Gasteiger partial charge in [-0.05, 0) is 36.2 Å². The van der Waals surface area contributed by atoms with Crippen LogP contribution in [0.5, 0.6) is 0 Å². The number of rotatable bonds is 6. The molecule has 0 spiro atoms. The normalized spacial score (nSPS) is 12.2. The number of carbonyl (C=O) groups is 1. The largest absolute Gasteiger partial charge is 0.347 e. The number of halogens is 3. The summed E-state index contributed by atoms with van der Waals surface area (Å²) in [6.07, 6.45) is 1.89. The maximum Gasteiger partial charge on any atom is 0.261 e. The summed E-state index contributed by atoms with van der Waals surface area (Å²) < 4.78 is 15.1. The summed E-state index contributed by atoms with van der Waals surface area (Å²) >= 11 is 13.6. The van der Waals surface area contributed by atoms with Crippen LogP contribution < -0.4 is 11.1 Å². The predicted octanol–water partition coefficient (Wildman–Crippen LogP) is 3.89. The van der Waals surface area contributed by atoms with Crippen LogP contribution in [0, 0.1) is 5.82 Å². The third-order valence-corrected chi connectivity index (χ3v) is 5.66. The summed E-state index contributed by atoms with van der Waals surface area (Å²) in [6.45, 7) is 0.199. The van der Waals surface area contributed by atoms with Gasteiger partial charge in [-0.3, -0.25) is 9.48 Å². The Hall–Kier alpha value is -1.93. The molecule has 0 aliphatic carbocycles. The van der Waals surface area contributed by atoms with Gasteiger partial charge in [0, 0.05) is 35.6 Å². The van der Waals surface area contributed by atoms with Gasteiger partial charge in [-0.25, -0.2) is 4.39 Å². The molecule has 0 bridgehead atoms. The highest BCUT2D eigenvalue weighted by Crippen LogP contribution is 2.30. The van der Waals surface area contributed by atoms with E-state index in [4.69, 9.17) is 28.9 Å². The summed E-state index contributed by atoms with van der Waals surface area (Å²) in [6, 6.07) is 5.52. The molecule has 3 N–H and O–H groups in total. The van der Waals surface area contributed by atoms with E-state index in [1.54, 1.807) is 24.0 Å². The summed E-state index contributed by atoms with van der Waals surface area (Å²) in [5, 5.41) is 9.78. The molecule has 27 heavy (non-hydrogen) atoms. The Morgan fingerprint density at radius 2 is 2.15 bits per heavy atom. The maximum absolute atomic E-state index is 13.4. The highest BCUT2D eigenvalue weighted by atomic mass is 35.5. The molecule has 2 heterocycles. The van der Waals surface area contributed by atoms with Gasteiger partial charge in [-0.15, -0.1) is 11.3 Å². The van der Waals surface area contributed by atoms with Gasteiger partial charge in [-0.2, -0.15) is 5.10 Å². The molecule has 2 aromatic heterocycles. The van der Waals surface area contributed by atoms with E-state index in [2.05, 4.69) is 10.4 Å². The van der Waals surface area contributed by atoms with E-state index in [1.165, 1.54) is 29.5 Å². The van der Waals surface area contributed by atoms with E-state index in [9.17, 15) is 9.18 Å². The number of carbonyl (C=O) groups excluding carboxylic acids is 1. The molecule has 142 valence electrons. The number of nitrogens with two attached hydrogens (primary N) is 1. The molecule has 0 aliphatic heterocycles. The first kappa shape index (κ1) is 19.8. The zero-order valence-corrected chi connectivity index (χ0v) is 16.7. The van der Waals surface area contributed by atoms with Crippen LogP contribution in [0.3, 0.4) is 0 Å². The molecule has 0 saturated carbocycles. The molecule has 5 nitrogen and oxygen atoms in total. The molecule has 0 fully saturated rings. The molecule has 1 atom stereocenters. The summed E-state index contributed by atoms with van der Waals surface area (Å²) in [7, 11) is 1.78. The Balaban J connectivity index is 1.73. The Morgan fingerprint density at radius 1 is 1.37 bits per heavy atom. The van der Waals surface area contributed by atoms with Crippen LogP contribution in [0.2, 0.25) is 10.0 Å². The molecule has 0 radical (unpaired) electrons. The molecule has 0 unspecified atom stereocenters. The lowest BCUT2D eigenvalue weighted by molar-refractivity contribution is 0.0942. The lowest BCUT2D eigenvalue weighted by Gasteiger charge is -2.17. The van der Waals surface area contributed by atoms with E-state index < -0.39 is 0 Å². The van der Waals surface area contributed by atoms with Crippen molar-refractivity contribution in [2.24, 2.45) is 12.8 Å². The number of hydrogen-bond acceptors (Lipinski definition) is 4. The van der Waals surface area contributed by atoms with Gasteiger partial charge >= 0.3 is 0 Å². The van der Waals surface area contributed by atoms with E-state index in [-0.39, 0.29) is 24.3 Å². The van der Waals surface area contributed by atoms with Gasteiger partial charge < -0.3 is 11.1 Å². The molecule has 1 amide bonds. The average molecular weight is 427 g/mol.